The molecule has 6 nitrogen and oxygen atoms in total. The Labute approximate surface area is 138 Å². The normalized spacial score (nSPS) is 18.7. The van der Waals surface area contributed by atoms with Crippen LogP contribution in [0.25, 0.3) is 11.0 Å². The lowest BCUT2D eigenvalue weighted by Crippen LogP contribution is -2.33. The second-order valence-corrected chi connectivity index (χ2v) is 7.48. The molecule has 0 bridgehead atoms. The first-order valence-corrected chi connectivity index (χ1v) is 9.07. The summed E-state index contributed by atoms with van der Waals surface area (Å²) in [5.41, 5.74) is 2.19. The van der Waals surface area contributed by atoms with E-state index in [4.69, 9.17) is 4.98 Å². The Kier molecular flexibility index (Phi) is 3.07. The molecule has 0 aromatic carbocycles. The number of H-pyrrole nitrogens is 1. The van der Waals surface area contributed by atoms with Crippen LogP contribution in [0, 0.1) is 0 Å². The van der Waals surface area contributed by atoms with Crippen molar-refractivity contribution in [3.63, 3.8) is 0 Å². The number of aromatic nitrogens is 5. The quantitative estimate of drug-likeness (QED) is 0.784. The van der Waals surface area contributed by atoms with E-state index < -0.39 is 0 Å². The van der Waals surface area contributed by atoms with Crippen LogP contribution in [-0.2, 0) is 12.8 Å². The Morgan fingerprint density at radius 1 is 1.17 bits per heavy atom. The molecule has 23 heavy (non-hydrogen) atoms. The van der Waals surface area contributed by atoms with Gasteiger partial charge in [0.15, 0.2) is 5.65 Å². The smallest absolute Gasteiger partial charge is 0.160 e. The van der Waals surface area contributed by atoms with Crippen LogP contribution in [-0.4, -0.2) is 38.2 Å². The van der Waals surface area contributed by atoms with Gasteiger partial charge in [-0.3, -0.25) is 5.10 Å². The third kappa shape index (κ3) is 2.22. The van der Waals surface area contributed by atoms with Crippen molar-refractivity contribution in [2.75, 3.05) is 18.0 Å². The van der Waals surface area contributed by atoms with E-state index in [1.165, 1.54) is 30.0 Å². The minimum absolute atomic E-state index is 0.614. The summed E-state index contributed by atoms with van der Waals surface area (Å²) in [7, 11) is 0. The third-order valence-corrected chi connectivity index (χ3v) is 6.30. The molecular weight excluding hydrogens is 308 g/mol. The van der Waals surface area contributed by atoms with Gasteiger partial charge >= 0.3 is 0 Å². The highest BCUT2D eigenvalue weighted by atomic mass is 32.1. The third-order valence-electron chi connectivity index (χ3n) is 4.98. The number of anilines is 1. The zero-order valence-electron chi connectivity index (χ0n) is 12.8. The van der Waals surface area contributed by atoms with Crippen LogP contribution < -0.4 is 4.90 Å². The predicted molar refractivity (Wildman–Crippen MR) is 90.0 cm³/mol. The summed E-state index contributed by atoms with van der Waals surface area (Å²) in [6.45, 7) is 2.04. The number of thiazole rings is 1. The number of nitrogens with zero attached hydrogens (tertiary/aromatic N) is 5. The summed E-state index contributed by atoms with van der Waals surface area (Å²) in [5, 5.41) is 9.38. The molecule has 1 aliphatic carbocycles. The van der Waals surface area contributed by atoms with Crippen molar-refractivity contribution in [2.45, 2.75) is 38.0 Å². The lowest BCUT2D eigenvalue weighted by molar-refractivity contribution is 0.501. The van der Waals surface area contributed by atoms with Crippen LogP contribution in [0.1, 0.15) is 40.8 Å². The maximum absolute atomic E-state index is 4.91. The second kappa shape index (κ2) is 5.26. The highest BCUT2D eigenvalue weighted by Crippen LogP contribution is 2.37. The highest BCUT2D eigenvalue weighted by Gasteiger charge is 2.27. The fourth-order valence-corrected chi connectivity index (χ4v) is 5.05. The first-order chi connectivity index (χ1) is 11.4. The monoisotopic (exact) mass is 326 g/mol. The molecule has 2 aliphatic rings. The second-order valence-electron chi connectivity index (χ2n) is 6.37. The molecule has 0 atom stereocenters. The minimum Gasteiger partial charge on any atom is -0.356 e. The summed E-state index contributed by atoms with van der Waals surface area (Å²) in [5.74, 6) is 1.62. The predicted octanol–water partition coefficient (Wildman–Crippen LogP) is 2.68. The Hall–Kier alpha value is -2.02. The number of rotatable bonds is 2. The molecule has 0 radical (unpaired) electrons. The maximum atomic E-state index is 4.91. The van der Waals surface area contributed by atoms with Gasteiger partial charge in [-0.25, -0.2) is 15.0 Å². The molecule has 5 rings (SSSR count). The molecular formula is C16H18N6S. The minimum atomic E-state index is 0.614. The fraction of sp³-hybridized carbons (Fsp3) is 0.500. The maximum Gasteiger partial charge on any atom is 0.160 e. The fourth-order valence-electron chi connectivity index (χ4n) is 3.73. The van der Waals surface area contributed by atoms with Gasteiger partial charge < -0.3 is 4.90 Å². The summed E-state index contributed by atoms with van der Waals surface area (Å²) >= 11 is 1.96. The molecule has 0 saturated carbocycles. The van der Waals surface area contributed by atoms with Crippen molar-refractivity contribution in [2.24, 2.45) is 0 Å². The van der Waals surface area contributed by atoms with Gasteiger partial charge in [-0.2, -0.15) is 5.10 Å². The zero-order chi connectivity index (χ0) is 15.2. The van der Waals surface area contributed by atoms with E-state index in [1.54, 1.807) is 11.2 Å². The Morgan fingerprint density at radius 2 is 2.09 bits per heavy atom. The summed E-state index contributed by atoms with van der Waals surface area (Å²) in [4.78, 5) is 17.5. The first kappa shape index (κ1) is 13.4. The standard InChI is InChI=1S/C16H18N6S/c1-2-12-13(3-1)23-16(20-12)10-4-6-22(7-5-10)15-11-8-19-21-14(11)17-9-18-15/h8-10H,1-7H2,(H,17,18,19,21). The van der Waals surface area contributed by atoms with Gasteiger partial charge in [0.2, 0.25) is 0 Å². The van der Waals surface area contributed by atoms with Gasteiger partial charge in [0.05, 0.1) is 22.3 Å². The van der Waals surface area contributed by atoms with Crippen LogP contribution in [0.3, 0.4) is 0 Å². The van der Waals surface area contributed by atoms with Gasteiger partial charge in [0.1, 0.15) is 12.1 Å². The van der Waals surface area contributed by atoms with Gasteiger partial charge in [-0.15, -0.1) is 11.3 Å². The molecule has 118 valence electrons. The number of aromatic amines is 1. The summed E-state index contributed by atoms with van der Waals surface area (Å²) < 4.78 is 0. The van der Waals surface area contributed by atoms with Gasteiger partial charge in [-0.05, 0) is 32.1 Å². The summed E-state index contributed by atoms with van der Waals surface area (Å²) in [6.07, 6.45) is 9.46. The molecule has 1 fully saturated rings. The number of piperidine rings is 1. The number of aryl methyl sites for hydroxylation is 2. The van der Waals surface area contributed by atoms with E-state index in [2.05, 4.69) is 25.1 Å². The molecule has 3 aromatic heterocycles. The number of hydrogen-bond acceptors (Lipinski definition) is 6. The van der Waals surface area contributed by atoms with Crippen molar-refractivity contribution in [1.82, 2.24) is 25.1 Å². The van der Waals surface area contributed by atoms with E-state index in [-0.39, 0.29) is 0 Å². The lowest BCUT2D eigenvalue weighted by Gasteiger charge is -2.32. The molecule has 0 unspecified atom stereocenters. The molecule has 1 saturated heterocycles. The molecule has 0 spiro atoms. The molecule has 1 N–H and O–H groups in total. The molecule has 3 aromatic rings. The lowest BCUT2D eigenvalue weighted by atomic mass is 9.97. The first-order valence-electron chi connectivity index (χ1n) is 8.26. The molecule has 4 heterocycles. The molecule has 7 heteroatoms. The van der Waals surface area contributed by atoms with E-state index in [1.807, 2.05) is 17.5 Å². The van der Waals surface area contributed by atoms with Gasteiger partial charge in [-0.1, -0.05) is 0 Å². The van der Waals surface area contributed by atoms with Crippen LogP contribution in [0.5, 0.6) is 0 Å². The topological polar surface area (TPSA) is 70.6 Å². The van der Waals surface area contributed by atoms with Crippen molar-refractivity contribution in [1.29, 1.82) is 0 Å². The van der Waals surface area contributed by atoms with Crippen molar-refractivity contribution < 1.29 is 0 Å². The summed E-state index contributed by atoms with van der Waals surface area (Å²) in [6, 6.07) is 0. The van der Waals surface area contributed by atoms with Crippen LogP contribution >= 0.6 is 11.3 Å². The van der Waals surface area contributed by atoms with Crippen LogP contribution in [0.15, 0.2) is 12.5 Å². The number of fused-ring (bicyclic) bond motifs is 2. The van der Waals surface area contributed by atoms with Crippen molar-refractivity contribution in [3.8, 4) is 0 Å². The van der Waals surface area contributed by atoms with Gasteiger partial charge in [0.25, 0.3) is 0 Å². The number of hydrogen-bond donors (Lipinski definition) is 1. The van der Waals surface area contributed by atoms with Gasteiger partial charge in [0, 0.05) is 23.9 Å². The largest absolute Gasteiger partial charge is 0.356 e. The molecule has 0 amide bonds. The van der Waals surface area contributed by atoms with Crippen LogP contribution in [0.4, 0.5) is 5.82 Å². The Balaban J connectivity index is 1.35. The van der Waals surface area contributed by atoms with E-state index >= 15 is 0 Å². The average Bonchev–Trinajstić information content (AvgIpc) is 3.29. The SMILES string of the molecule is c1nc(N2CCC(c3nc4c(s3)CCC4)CC2)c2cn[nH]c2n1. The van der Waals surface area contributed by atoms with E-state index in [9.17, 15) is 0 Å². The average molecular weight is 326 g/mol. The molecule has 1 aliphatic heterocycles. The van der Waals surface area contributed by atoms with Crippen molar-refractivity contribution in [3.05, 3.63) is 28.1 Å². The number of nitrogens with one attached hydrogen (secondary N) is 1. The van der Waals surface area contributed by atoms with E-state index in [0.717, 1.165) is 42.8 Å². The van der Waals surface area contributed by atoms with Crippen LogP contribution in [0.2, 0.25) is 0 Å². The highest BCUT2D eigenvalue weighted by molar-refractivity contribution is 7.11. The van der Waals surface area contributed by atoms with E-state index in [0.29, 0.717) is 5.92 Å². The van der Waals surface area contributed by atoms with Crippen molar-refractivity contribution >= 4 is 28.2 Å². The zero-order valence-corrected chi connectivity index (χ0v) is 13.6. The Morgan fingerprint density at radius 3 is 2.96 bits per heavy atom. The Bertz CT molecular complexity index is 824.